The van der Waals surface area contributed by atoms with Crippen LogP contribution in [0.15, 0.2) is 60.7 Å². The molecule has 31 heavy (non-hydrogen) atoms. The van der Waals surface area contributed by atoms with E-state index in [0.29, 0.717) is 28.8 Å². The fourth-order valence-electron chi connectivity index (χ4n) is 5.02. The lowest BCUT2D eigenvalue weighted by atomic mass is 9.87. The van der Waals surface area contributed by atoms with Crippen molar-refractivity contribution in [3.63, 3.8) is 0 Å². The van der Waals surface area contributed by atoms with Crippen LogP contribution in [0.2, 0.25) is 0 Å². The van der Waals surface area contributed by atoms with Crippen molar-refractivity contribution in [3.05, 3.63) is 100 Å². The molecule has 1 fully saturated rings. The lowest BCUT2D eigenvalue weighted by Gasteiger charge is -2.18. The molecule has 2 aliphatic rings. The van der Waals surface area contributed by atoms with E-state index >= 15 is 0 Å². The first-order chi connectivity index (χ1) is 14.8. The molecular weight excluding hydrogens is 400 g/mol. The van der Waals surface area contributed by atoms with Gasteiger partial charge < -0.3 is 10.0 Å². The van der Waals surface area contributed by atoms with E-state index in [4.69, 9.17) is 0 Å². The molecule has 0 unspecified atom stereocenters. The van der Waals surface area contributed by atoms with Crippen LogP contribution >= 0.6 is 0 Å². The van der Waals surface area contributed by atoms with E-state index < -0.39 is 11.4 Å². The van der Waals surface area contributed by atoms with Gasteiger partial charge in [-0.1, -0.05) is 24.3 Å². The Kier molecular flexibility index (Phi) is 4.22. The fourth-order valence-corrected chi connectivity index (χ4v) is 5.02. The number of nitrogens with zero attached hydrogens (tertiary/aromatic N) is 1. The molecule has 2 atom stereocenters. The van der Waals surface area contributed by atoms with Gasteiger partial charge in [0.05, 0.1) is 17.5 Å². The number of rotatable bonds is 4. The summed E-state index contributed by atoms with van der Waals surface area (Å²) in [5.74, 6) is -2.09. The van der Waals surface area contributed by atoms with Gasteiger partial charge in [0.1, 0.15) is 11.6 Å². The minimum atomic E-state index is -1.05. The molecule has 0 radical (unpaired) electrons. The van der Waals surface area contributed by atoms with Crippen LogP contribution in [0.5, 0.6) is 0 Å². The van der Waals surface area contributed by atoms with Crippen molar-refractivity contribution < 1.29 is 23.5 Å². The summed E-state index contributed by atoms with van der Waals surface area (Å²) in [6.45, 7) is 1.91. The summed E-state index contributed by atoms with van der Waals surface area (Å²) >= 11 is 0. The first kappa shape index (κ1) is 19.4. The maximum atomic E-state index is 13.7. The molecule has 3 aromatic rings. The molecule has 1 aliphatic heterocycles. The Labute approximate surface area is 177 Å². The van der Waals surface area contributed by atoms with Gasteiger partial charge in [-0.2, -0.15) is 0 Å². The number of halogens is 2. The predicted molar refractivity (Wildman–Crippen MR) is 111 cm³/mol. The number of amides is 1. The van der Waals surface area contributed by atoms with Gasteiger partial charge in [-0.05, 0) is 72.0 Å². The highest BCUT2D eigenvalue weighted by Gasteiger charge is 2.67. The second-order valence-electron chi connectivity index (χ2n) is 8.24. The number of carbonyl (C=O) groups excluding carboxylic acids is 1. The Balaban J connectivity index is 1.63. The monoisotopic (exact) mass is 419 g/mol. The van der Waals surface area contributed by atoms with Crippen molar-refractivity contribution in [2.24, 2.45) is 0 Å². The van der Waals surface area contributed by atoms with Crippen LogP contribution in [-0.4, -0.2) is 17.0 Å². The second kappa shape index (κ2) is 6.74. The molecule has 1 amide bonds. The van der Waals surface area contributed by atoms with E-state index in [2.05, 4.69) is 0 Å². The van der Waals surface area contributed by atoms with Gasteiger partial charge in [0.15, 0.2) is 0 Å². The summed E-state index contributed by atoms with van der Waals surface area (Å²) in [5, 5.41) is 9.62. The summed E-state index contributed by atoms with van der Waals surface area (Å²) < 4.78 is 27.1. The second-order valence-corrected chi connectivity index (χ2v) is 8.24. The molecule has 1 saturated carbocycles. The predicted octanol–water partition coefficient (Wildman–Crippen LogP) is 4.94. The average molecular weight is 419 g/mol. The van der Waals surface area contributed by atoms with E-state index in [1.54, 1.807) is 42.2 Å². The molecule has 0 saturated heterocycles. The smallest absolute Gasteiger partial charge is 0.335 e. The molecular formula is C25H19F2NO3. The number of hydrogen-bond donors (Lipinski definition) is 1. The highest BCUT2D eigenvalue weighted by molar-refractivity contribution is 6.12. The zero-order chi connectivity index (χ0) is 21.9. The fraction of sp³-hybridized carbons (Fsp3) is 0.200. The maximum Gasteiger partial charge on any atom is 0.335 e. The van der Waals surface area contributed by atoms with Gasteiger partial charge in [-0.25, -0.2) is 13.6 Å². The number of anilines is 1. The maximum absolute atomic E-state index is 13.7. The van der Waals surface area contributed by atoms with Crippen LogP contribution in [0, 0.1) is 18.6 Å². The van der Waals surface area contributed by atoms with Crippen molar-refractivity contribution in [1.29, 1.82) is 0 Å². The topological polar surface area (TPSA) is 57.6 Å². The highest BCUT2D eigenvalue weighted by atomic mass is 19.1. The summed E-state index contributed by atoms with van der Waals surface area (Å²) in [6.07, 6.45) is 0.522. The van der Waals surface area contributed by atoms with Crippen LogP contribution in [0.25, 0.3) is 0 Å². The van der Waals surface area contributed by atoms with Gasteiger partial charge in [-0.3, -0.25) is 4.79 Å². The standard InChI is InChI=1S/C25H19F2NO3/c1-14-19(23(29)30)9-10-21-22(14)25(12-20(25)16-5-7-17(26)8-6-16)24(31)28(21)13-15-3-2-4-18(27)11-15/h2-11,20H,12-13H2,1H3,(H,29,30)/t20-,25+/m1/s1. The molecule has 6 heteroatoms. The molecule has 3 aromatic carbocycles. The van der Waals surface area contributed by atoms with Crippen LogP contribution in [-0.2, 0) is 16.8 Å². The Morgan fingerprint density at radius 3 is 2.52 bits per heavy atom. The van der Waals surface area contributed by atoms with Gasteiger partial charge in [0.2, 0.25) is 5.91 Å². The molecule has 4 nitrogen and oxygen atoms in total. The summed E-state index contributed by atoms with van der Waals surface area (Å²) in [5.41, 5.74) is 2.69. The number of aromatic carboxylic acids is 1. The lowest BCUT2D eigenvalue weighted by Crippen LogP contribution is -2.32. The third kappa shape index (κ3) is 2.86. The van der Waals surface area contributed by atoms with Crippen LogP contribution in [0.4, 0.5) is 14.5 Å². The largest absolute Gasteiger partial charge is 0.478 e. The normalized spacial score (nSPS) is 21.5. The highest BCUT2D eigenvalue weighted by Crippen LogP contribution is 2.67. The summed E-state index contributed by atoms with van der Waals surface area (Å²) in [7, 11) is 0. The van der Waals surface area contributed by atoms with E-state index in [1.165, 1.54) is 30.3 Å². The molecule has 0 bridgehead atoms. The molecule has 1 N–H and O–H groups in total. The molecule has 5 rings (SSSR count). The number of carboxylic acids is 1. The van der Waals surface area contributed by atoms with Gasteiger partial charge in [0, 0.05) is 11.6 Å². The third-order valence-corrected chi connectivity index (χ3v) is 6.50. The zero-order valence-corrected chi connectivity index (χ0v) is 16.7. The summed E-state index contributed by atoms with van der Waals surface area (Å²) in [6, 6.07) is 15.3. The Morgan fingerprint density at radius 1 is 1.10 bits per heavy atom. The van der Waals surface area contributed by atoms with Crippen molar-refractivity contribution in [3.8, 4) is 0 Å². The number of fused-ring (bicyclic) bond motifs is 2. The molecule has 1 spiro atoms. The van der Waals surface area contributed by atoms with E-state index in [9.17, 15) is 23.5 Å². The minimum absolute atomic E-state index is 0.133. The minimum Gasteiger partial charge on any atom is -0.478 e. The number of hydrogen-bond acceptors (Lipinski definition) is 2. The van der Waals surface area contributed by atoms with Crippen LogP contribution in [0.1, 0.15) is 45.0 Å². The lowest BCUT2D eigenvalue weighted by molar-refractivity contribution is -0.120. The molecule has 1 heterocycles. The Bertz CT molecular complexity index is 1240. The van der Waals surface area contributed by atoms with E-state index in [-0.39, 0.29) is 35.6 Å². The van der Waals surface area contributed by atoms with E-state index in [1.807, 2.05) is 0 Å². The summed E-state index contributed by atoms with van der Waals surface area (Å²) in [4.78, 5) is 27.1. The first-order valence-electron chi connectivity index (χ1n) is 10.0. The van der Waals surface area contributed by atoms with Crippen molar-refractivity contribution >= 4 is 17.6 Å². The molecule has 156 valence electrons. The quantitative estimate of drug-likeness (QED) is 0.652. The SMILES string of the molecule is Cc1c(C(=O)O)ccc2c1[C@@]1(C[C@@H]1c1ccc(F)cc1)C(=O)N2Cc1cccc(F)c1. The van der Waals surface area contributed by atoms with Crippen LogP contribution < -0.4 is 4.90 Å². The third-order valence-electron chi connectivity index (χ3n) is 6.50. The number of carbonyl (C=O) groups is 2. The molecule has 0 aromatic heterocycles. The van der Waals surface area contributed by atoms with Crippen molar-refractivity contribution in [2.75, 3.05) is 4.90 Å². The first-order valence-corrected chi connectivity index (χ1v) is 10.0. The van der Waals surface area contributed by atoms with Crippen molar-refractivity contribution in [2.45, 2.75) is 31.2 Å². The van der Waals surface area contributed by atoms with Crippen molar-refractivity contribution in [1.82, 2.24) is 0 Å². The average Bonchev–Trinajstić information content (AvgIpc) is 3.43. The number of carboxylic acid groups (broad SMARTS) is 1. The van der Waals surface area contributed by atoms with Crippen LogP contribution in [0.3, 0.4) is 0 Å². The Hall–Kier alpha value is -3.54. The number of benzene rings is 3. The Morgan fingerprint density at radius 2 is 1.84 bits per heavy atom. The zero-order valence-electron chi connectivity index (χ0n) is 16.7. The van der Waals surface area contributed by atoms with E-state index in [0.717, 1.165) is 5.56 Å². The molecule has 1 aliphatic carbocycles. The van der Waals surface area contributed by atoms with Gasteiger partial charge in [-0.15, -0.1) is 0 Å². The van der Waals surface area contributed by atoms with Gasteiger partial charge >= 0.3 is 5.97 Å². The van der Waals surface area contributed by atoms with Gasteiger partial charge in [0.25, 0.3) is 0 Å².